The highest BCUT2D eigenvalue weighted by atomic mass is 16.5. The van der Waals surface area contributed by atoms with Crippen LogP contribution in [0.15, 0.2) is 24.3 Å². The molecule has 1 unspecified atom stereocenters. The molecule has 19 heavy (non-hydrogen) atoms. The molecule has 3 heteroatoms. The van der Waals surface area contributed by atoms with Crippen LogP contribution in [0.4, 0.5) is 0 Å². The van der Waals surface area contributed by atoms with E-state index in [4.69, 9.17) is 4.74 Å². The molecule has 3 nitrogen and oxygen atoms in total. The Hall–Kier alpha value is -1.06. The van der Waals surface area contributed by atoms with Crippen molar-refractivity contribution < 1.29 is 4.74 Å². The van der Waals surface area contributed by atoms with Gasteiger partial charge in [0.05, 0.1) is 7.11 Å². The first-order valence-corrected chi connectivity index (χ1v) is 7.20. The molecule has 2 rings (SSSR count). The maximum Gasteiger partial charge on any atom is 0.122 e. The van der Waals surface area contributed by atoms with Crippen LogP contribution in [-0.4, -0.2) is 45.7 Å². The van der Waals surface area contributed by atoms with Crippen LogP contribution in [0.5, 0.6) is 5.75 Å². The number of nitrogens with one attached hydrogen (secondary N) is 1. The smallest absolute Gasteiger partial charge is 0.122 e. The Labute approximate surface area is 116 Å². The van der Waals surface area contributed by atoms with Crippen LogP contribution in [0.3, 0.4) is 0 Å². The summed E-state index contributed by atoms with van der Waals surface area (Å²) in [4.78, 5) is 2.29. The lowest BCUT2D eigenvalue weighted by atomic mass is 9.80. The average molecular weight is 262 g/mol. The molecule has 1 heterocycles. The van der Waals surface area contributed by atoms with Gasteiger partial charge in [-0.2, -0.15) is 0 Å². The van der Waals surface area contributed by atoms with Gasteiger partial charge in [-0.05, 0) is 57.6 Å². The van der Waals surface area contributed by atoms with Crippen LogP contribution in [0.1, 0.15) is 24.3 Å². The molecule has 0 amide bonds. The fraction of sp³-hybridized carbons (Fsp3) is 0.625. The van der Waals surface area contributed by atoms with E-state index in [-0.39, 0.29) is 0 Å². The summed E-state index contributed by atoms with van der Waals surface area (Å²) in [6.45, 7) is 3.37. The first-order valence-electron chi connectivity index (χ1n) is 7.20. The van der Waals surface area contributed by atoms with Crippen molar-refractivity contribution in [2.24, 2.45) is 5.92 Å². The first-order chi connectivity index (χ1) is 9.22. The van der Waals surface area contributed by atoms with Gasteiger partial charge in [-0.25, -0.2) is 0 Å². The molecule has 0 spiro atoms. The van der Waals surface area contributed by atoms with E-state index in [0.29, 0.717) is 5.92 Å². The number of piperidine rings is 1. The summed E-state index contributed by atoms with van der Waals surface area (Å²) in [5, 5.41) is 3.46. The SMILES string of the molecule is COc1ccccc1C(CN(C)C)C1CCNCC1. The standard InChI is InChI=1S/C16H26N2O/c1-18(2)12-15(13-8-10-17-11-9-13)14-6-4-5-7-16(14)19-3/h4-7,13,15,17H,8-12H2,1-3H3. The van der Waals surface area contributed by atoms with Crippen LogP contribution in [-0.2, 0) is 0 Å². The number of hydrogen-bond donors (Lipinski definition) is 1. The molecule has 1 atom stereocenters. The van der Waals surface area contributed by atoms with Crippen LogP contribution in [0.2, 0.25) is 0 Å². The molecule has 1 fully saturated rings. The second kappa shape index (κ2) is 6.92. The van der Waals surface area contributed by atoms with Crippen LogP contribution >= 0.6 is 0 Å². The summed E-state index contributed by atoms with van der Waals surface area (Å²) in [6, 6.07) is 8.49. The number of nitrogens with zero attached hydrogens (tertiary/aromatic N) is 1. The van der Waals surface area contributed by atoms with Crippen molar-refractivity contribution in [3.8, 4) is 5.75 Å². The van der Waals surface area contributed by atoms with Gasteiger partial charge in [0.1, 0.15) is 5.75 Å². The molecule has 0 aromatic heterocycles. The first kappa shape index (κ1) is 14.4. The van der Waals surface area contributed by atoms with Gasteiger partial charge >= 0.3 is 0 Å². The molecule has 106 valence electrons. The van der Waals surface area contributed by atoms with E-state index < -0.39 is 0 Å². The van der Waals surface area contributed by atoms with Crippen molar-refractivity contribution in [2.45, 2.75) is 18.8 Å². The Morgan fingerprint density at radius 1 is 1.26 bits per heavy atom. The zero-order valence-corrected chi connectivity index (χ0v) is 12.4. The number of hydrogen-bond acceptors (Lipinski definition) is 3. The topological polar surface area (TPSA) is 24.5 Å². The van der Waals surface area contributed by atoms with E-state index in [1.54, 1.807) is 7.11 Å². The van der Waals surface area contributed by atoms with E-state index in [1.807, 2.05) is 0 Å². The van der Waals surface area contributed by atoms with Crippen molar-refractivity contribution in [3.05, 3.63) is 29.8 Å². The summed E-state index contributed by atoms with van der Waals surface area (Å²) < 4.78 is 5.56. The largest absolute Gasteiger partial charge is 0.496 e. The zero-order chi connectivity index (χ0) is 13.7. The minimum atomic E-state index is 0.563. The van der Waals surface area contributed by atoms with Gasteiger partial charge in [0, 0.05) is 12.5 Å². The van der Waals surface area contributed by atoms with Crippen molar-refractivity contribution in [2.75, 3.05) is 40.8 Å². The van der Waals surface area contributed by atoms with Gasteiger partial charge in [0.25, 0.3) is 0 Å². The molecule has 1 saturated heterocycles. The van der Waals surface area contributed by atoms with Gasteiger partial charge in [-0.15, -0.1) is 0 Å². The second-order valence-electron chi connectivity index (χ2n) is 5.70. The Morgan fingerprint density at radius 2 is 1.95 bits per heavy atom. The summed E-state index contributed by atoms with van der Waals surface area (Å²) in [7, 11) is 6.08. The van der Waals surface area contributed by atoms with Crippen LogP contribution in [0.25, 0.3) is 0 Å². The fourth-order valence-corrected chi connectivity index (χ4v) is 3.11. The predicted octanol–water partition coefficient (Wildman–Crippen LogP) is 2.34. The highest BCUT2D eigenvalue weighted by Crippen LogP contribution is 2.36. The van der Waals surface area contributed by atoms with Crippen molar-refractivity contribution >= 4 is 0 Å². The monoisotopic (exact) mass is 262 g/mol. The number of methoxy groups -OCH3 is 1. The van der Waals surface area contributed by atoms with Crippen LogP contribution in [0, 0.1) is 5.92 Å². The lowest BCUT2D eigenvalue weighted by Crippen LogP contribution is -2.34. The molecule has 0 bridgehead atoms. The molecule has 0 aliphatic carbocycles. The maximum atomic E-state index is 5.56. The highest BCUT2D eigenvalue weighted by Gasteiger charge is 2.27. The zero-order valence-electron chi connectivity index (χ0n) is 12.4. The Balaban J connectivity index is 2.25. The van der Waals surface area contributed by atoms with Crippen molar-refractivity contribution in [1.29, 1.82) is 0 Å². The molecule has 1 N–H and O–H groups in total. The third kappa shape index (κ3) is 3.71. The minimum absolute atomic E-state index is 0.563. The summed E-state index contributed by atoms with van der Waals surface area (Å²) in [6.07, 6.45) is 2.52. The molecule has 1 aromatic rings. The second-order valence-corrected chi connectivity index (χ2v) is 5.70. The third-order valence-corrected chi connectivity index (χ3v) is 4.05. The number of para-hydroxylation sites is 1. The van der Waals surface area contributed by atoms with E-state index in [1.165, 1.54) is 18.4 Å². The maximum absolute atomic E-state index is 5.56. The Bertz CT molecular complexity index is 386. The van der Waals surface area contributed by atoms with E-state index in [2.05, 4.69) is 48.6 Å². The fourth-order valence-electron chi connectivity index (χ4n) is 3.11. The molecule has 0 saturated carbocycles. The summed E-state index contributed by atoms with van der Waals surface area (Å²) >= 11 is 0. The number of rotatable bonds is 5. The lowest BCUT2D eigenvalue weighted by Gasteiger charge is -2.33. The minimum Gasteiger partial charge on any atom is -0.496 e. The highest BCUT2D eigenvalue weighted by molar-refractivity contribution is 5.37. The molecule has 1 aromatic carbocycles. The van der Waals surface area contributed by atoms with E-state index in [0.717, 1.165) is 31.3 Å². The van der Waals surface area contributed by atoms with Gasteiger partial charge < -0.3 is 15.0 Å². The van der Waals surface area contributed by atoms with Gasteiger partial charge in [0.2, 0.25) is 0 Å². The number of ether oxygens (including phenoxy) is 1. The van der Waals surface area contributed by atoms with Gasteiger partial charge in [-0.3, -0.25) is 0 Å². The van der Waals surface area contributed by atoms with E-state index in [9.17, 15) is 0 Å². The lowest BCUT2D eigenvalue weighted by molar-refractivity contribution is 0.257. The summed E-state index contributed by atoms with van der Waals surface area (Å²) in [5.74, 6) is 2.35. The Morgan fingerprint density at radius 3 is 2.58 bits per heavy atom. The Kier molecular flexibility index (Phi) is 5.23. The molecule has 0 radical (unpaired) electrons. The summed E-state index contributed by atoms with van der Waals surface area (Å²) in [5.41, 5.74) is 1.37. The molecular formula is C16H26N2O. The van der Waals surface area contributed by atoms with Gasteiger partial charge in [-0.1, -0.05) is 18.2 Å². The normalized spacial score (nSPS) is 18.5. The van der Waals surface area contributed by atoms with E-state index >= 15 is 0 Å². The molecule has 1 aliphatic rings. The third-order valence-electron chi connectivity index (χ3n) is 4.05. The molecule has 1 aliphatic heterocycles. The number of likely N-dealkylation sites (N-methyl/N-ethyl adjacent to an activating group) is 1. The predicted molar refractivity (Wildman–Crippen MR) is 79.9 cm³/mol. The quantitative estimate of drug-likeness (QED) is 0.881. The number of benzene rings is 1. The molecular weight excluding hydrogens is 236 g/mol. The van der Waals surface area contributed by atoms with Crippen LogP contribution < -0.4 is 10.1 Å². The van der Waals surface area contributed by atoms with Crippen molar-refractivity contribution in [1.82, 2.24) is 10.2 Å². The average Bonchev–Trinajstić information content (AvgIpc) is 2.45. The van der Waals surface area contributed by atoms with Crippen molar-refractivity contribution in [3.63, 3.8) is 0 Å². The van der Waals surface area contributed by atoms with Gasteiger partial charge in [0.15, 0.2) is 0 Å².